The predicted molar refractivity (Wildman–Crippen MR) is 92.8 cm³/mol. The van der Waals surface area contributed by atoms with Gasteiger partial charge < -0.3 is 0 Å². The Balaban J connectivity index is 2.83. The van der Waals surface area contributed by atoms with Crippen molar-refractivity contribution in [2.45, 2.75) is 111 Å². The van der Waals surface area contributed by atoms with Crippen LogP contribution >= 0.6 is 0 Å². The third-order valence-electron chi connectivity index (χ3n) is 5.18. The summed E-state index contributed by atoms with van der Waals surface area (Å²) in [6, 6.07) is 0. The van der Waals surface area contributed by atoms with E-state index in [1.165, 1.54) is 0 Å². The van der Waals surface area contributed by atoms with Gasteiger partial charge in [0.15, 0.2) is 0 Å². The molecule has 0 radical (unpaired) electrons. The van der Waals surface area contributed by atoms with Crippen LogP contribution in [-0.4, -0.2) is 22.9 Å². The van der Waals surface area contributed by atoms with E-state index in [2.05, 4.69) is 34.6 Å². The molecule has 0 aromatic carbocycles. The van der Waals surface area contributed by atoms with Crippen LogP contribution in [0, 0.1) is 11.8 Å². The van der Waals surface area contributed by atoms with E-state index in [4.69, 9.17) is 19.6 Å². The van der Waals surface area contributed by atoms with Crippen molar-refractivity contribution in [2.24, 2.45) is 11.8 Å². The van der Waals surface area contributed by atoms with Gasteiger partial charge in [-0.1, -0.05) is 27.7 Å². The zero-order valence-corrected chi connectivity index (χ0v) is 16.7. The predicted octanol–water partition coefficient (Wildman–Crippen LogP) is 5.45. The lowest BCUT2D eigenvalue weighted by molar-refractivity contribution is -0.469. The molecule has 1 saturated carbocycles. The fourth-order valence-corrected chi connectivity index (χ4v) is 3.04. The smallest absolute Gasteiger partial charge is 0.130 e. The Morgan fingerprint density at radius 2 is 1.48 bits per heavy atom. The Kier molecular flexibility index (Phi) is 7.10. The summed E-state index contributed by atoms with van der Waals surface area (Å²) in [5, 5.41) is 0. The highest BCUT2D eigenvalue weighted by atomic mass is 17.2. The molecule has 138 valence electrons. The van der Waals surface area contributed by atoms with Gasteiger partial charge in [0.25, 0.3) is 0 Å². The molecule has 4 unspecified atom stereocenters. The minimum Gasteiger partial charge on any atom is -0.230 e. The summed E-state index contributed by atoms with van der Waals surface area (Å²) in [5.74, 6) is 0.923. The van der Waals surface area contributed by atoms with Crippen LogP contribution < -0.4 is 0 Å². The van der Waals surface area contributed by atoms with Gasteiger partial charge >= 0.3 is 0 Å². The summed E-state index contributed by atoms with van der Waals surface area (Å²) < 4.78 is 0. The molecule has 0 aromatic heterocycles. The minimum atomic E-state index is -0.507. The van der Waals surface area contributed by atoms with Crippen molar-refractivity contribution in [3.8, 4) is 0 Å². The highest BCUT2D eigenvalue weighted by molar-refractivity contribution is 4.94. The average Bonchev–Trinajstić information content (AvgIpc) is 2.44. The molecule has 4 nitrogen and oxygen atoms in total. The first-order chi connectivity index (χ1) is 10.4. The quantitative estimate of drug-likeness (QED) is 0.438. The van der Waals surface area contributed by atoms with Gasteiger partial charge in [-0.3, -0.25) is 0 Å². The van der Waals surface area contributed by atoms with E-state index in [1.54, 1.807) is 0 Å². The van der Waals surface area contributed by atoms with Crippen molar-refractivity contribution in [3.63, 3.8) is 0 Å². The highest BCUT2D eigenvalue weighted by Gasteiger charge is 2.48. The molecule has 0 aliphatic heterocycles. The molecule has 23 heavy (non-hydrogen) atoms. The third-order valence-corrected chi connectivity index (χ3v) is 5.18. The van der Waals surface area contributed by atoms with Crippen LogP contribution in [0.1, 0.15) is 88.0 Å². The second-order valence-electron chi connectivity index (χ2n) is 8.83. The second kappa shape index (κ2) is 7.81. The Labute approximate surface area is 143 Å². The van der Waals surface area contributed by atoms with Gasteiger partial charge in [0.1, 0.15) is 11.7 Å². The van der Waals surface area contributed by atoms with E-state index in [0.29, 0.717) is 11.8 Å². The van der Waals surface area contributed by atoms with E-state index < -0.39 is 5.60 Å². The van der Waals surface area contributed by atoms with E-state index in [9.17, 15) is 0 Å². The fraction of sp³-hybridized carbons (Fsp3) is 1.00. The minimum absolute atomic E-state index is 0.141. The summed E-state index contributed by atoms with van der Waals surface area (Å²) >= 11 is 0. The molecule has 4 heteroatoms. The number of rotatable bonds is 8. The molecule has 1 fully saturated rings. The zero-order valence-electron chi connectivity index (χ0n) is 16.7. The lowest BCUT2D eigenvalue weighted by atomic mass is 9.72. The van der Waals surface area contributed by atoms with Gasteiger partial charge in [-0.25, -0.2) is 19.6 Å². The molecular weight excluding hydrogens is 292 g/mol. The zero-order chi connectivity index (χ0) is 17.9. The Morgan fingerprint density at radius 1 is 0.957 bits per heavy atom. The molecule has 0 N–H and O–H groups in total. The van der Waals surface area contributed by atoms with Crippen molar-refractivity contribution in [2.75, 3.05) is 0 Å². The van der Waals surface area contributed by atoms with E-state index >= 15 is 0 Å². The van der Waals surface area contributed by atoms with Crippen molar-refractivity contribution >= 4 is 0 Å². The average molecular weight is 331 g/mol. The molecule has 0 saturated heterocycles. The van der Waals surface area contributed by atoms with Gasteiger partial charge in [-0.15, -0.1) is 0 Å². The SMILES string of the molecule is CCC(C)(C)OOC1C(C)CC(C)CC1(C)OOC(C)(C)CC. The molecule has 0 spiro atoms. The van der Waals surface area contributed by atoms with E-state index in [0.717, 1.165) is 25.7 Å². The normalized spacial score (nSPS) is 33.0. The Morgan fingerprint density at radius 3 is 2.00 bits per heavy atom. The summed E-state index contributed by atoms with van der Waals surface area (Å²) in [4.78, 5) is 23.4. The lowest BCUT2D eigenvalue weighted by Gasteiger charge is -2.46. The maximum absolute atomic E-state index is 5.97. The summed E-state index contributed by atoms with van der Waals surface area (Å²) in [6.45, 7) is 18.9. The summed E-state index contributed by atoms with van der Waals surface area (Å²) in [5.41, 5.74) is -1.11. The first-order valence-corrected chi connectivity index (χ1v) is 9.16. The van der Waals surface area contributed by atoms with Crippen molar-refractivity contribution in [1.82, 2.24) is 0 Å². The summed E-state index contributed by atoms with van der Waals surface area (Å²) in [6.07, 6.45) is 3.65. The molecule has 0 aromatic rings. The molecule has 1 aliphatic carbocycles. The lowest BCUT2D eigenvalue weighted by Crippen LogP contribution is -2.53. The monoisotopic (exact) mass is 330 g/mol. The third kappa shape index (κ3) is 6.00. The van der Waals surface area contributed by atoms with Crippen LogP contribution in [0.5, 0.6) is 0 Å². The highest BCUT2D eigenvalue weighted by Crippen LogP contribution is 2.42. The van der Waals surface area contributed by atoms with Crippen LogP contribution in [0.15, 0.2) is 0 Å². The van der Waals surface area contributed by atoms with Gasteiger partial charge in [0.2, 0.25) is 0 Å². The maximum atomic E-state index is 5.97. The van der Waals surface area contributed by atoms with Crippen LogP contribution in [0.25, 0.3) is 0 Å². The second-order valence-corrected chi connectivity index (χ2v) is 8.83. The molecule has 0 heterocycles. The van der Waals surface area contributed by atoms with Crippen LogP contribution in [-0.2, 0) is 19.6 Å². The van der Waals surface area contributed by atoms with Crippen LogP contribution in [0.4, 0.5) is 0 Å². The van der Waals surface area contributed by atoms with Crippen molar-refractivity contribution < 1.29 is 19.6 Å². The first kappa shape index (κ1) is 20.9. The topological polar surface area (TPSA) is 36.9 Å². The molecule has 4 atom stereocenters. The molecule has 1 rings (SSSR count). The molecule has 0 amide bonds. The van der Waals surface area contributed by atoms with Gasteiger partial charge in [-0.05, 0) is 72.1 Å². The molecule has 0 bridgehead atoms. The van der Waals surface area contributed by atoms with Gasteiger partial charge in [0, 0.05) is 0 Å². The van der Waals surface area contributed by atoms with Crippen molar-refractivity contribution in [3.05, 3.63) is 0 Å². The van der Waals surface area contributed by atoms with E-state index in [-0.39, 0.29) is 17.3 Å². The van der Waals surface area contributed by atoms with Crippen LogP contribution in [0.3, 0.4) is 0 Å². The standard InChI is InChI=1S/C19H38O4/c1-10-17(5,6)21-20-16-15(4)12-14(3)13-19(16,9)23-22-18(7,8)11-2/h14-16H,10-13H2,1-9H3. The first-order valence-electron chi connectivity index (χ1n) is 9.16. The number of hydrogen-bond donors (Lipinski definition) is 0. The largest absolute Gasteiger partial charge is 0.230 e. The van der Waals surface area contributed by atoms with E-state index in [1.807, 2.05) is 27.7 Å². The summed E-state index contributed by atoms with van der Waals surface area (Å²) in [7, 11) is 0. The fourth-order valence-electron chi connectivity index (χ4n) is 3.04. The van der Waals surface area contributed by atoms with Gasteiger partial charge in [-0.2, -0.15) is 0 Å². The Bertz CT molecular complexity index is 366. The molecule has 1 aliphatic rings. The van der Waals surface area contributed by atoms with Gasteiger partial charge in [0.05, 0.1) is 11.2 Å². The van der Waals surface area contributed by atoms with Crippen molar-refractivity contribution in [1.29, 1.82) is 0 Å². The van der Waals surface area contributed by atoms with Crippen LogP contribution in [0.2, 0.25) is 0 Å². The maximum Gasteiger partial charge on any atom is 0.130 e. The number of hydrogen-bond acceptors (Lipinski definition) is 4. The molecular formula is C19H38O4. The Hall–Kier alpha value is -0.160.